The zero-order valence-corrected chi connectivity index (χ0v) is 22.9. The highest BCUT2D eigenvalue weighted by atomic mass is 14.8. The standard InChI is InChI=1S/C39H31N/c1-27-12-14-32(15-13-27)33-16-20-34(21-17-33)39(24-28(2)35-22-18-30-8-4-6-10-37(30)25-35)40-29(3)36-23-19-31-9-5-7-11-38(31)26-36/h4-26H,2H2,1,3H3/b39-24-,40-29+. The highest BCUT2D eigenvalue weighted by molar-refractivity contribution is 6.05. The zero-order chi connectivity index (χ0) is 27.5. The van der Waals surface area contributed by atoms with E-state index in [1.54, 1.807) is 0 Å². The molecule has 1 nitrogen and oxygen atoms in total. The van der Waals surface area contributed by atoms with Crippen molar-refractivity contribution in [2.24, 2.45) is 4.99 Å². The lowest BCUT2D eigenvalue weighted by molar-refractivity contribution is 1.45. The van der Waals surface area contributed by atoms with Gasteiger partial charge < -0.3 is 0 Å². The van der Waals surface area contributed by atoms with Crippen LogP contribution in [0.2, 0.25) is 0 Å². The highest BCUT2D eigenvalue weighted by Crippen LogP contribution is 2.28. The first-order valence-electron chi connectivity index (χ1n) is 13.7. The maximum atomic E-state index is 5.18. The minimum atomic E-state index is 0.888. The number of fused-ring (bicyclic) bond motifs is 2. The third kappa shape index (κ3) is 5.41. The first-order valence-corrected chi connectivity index (χ1v) is 13.7. The Labute approximate surface area is 236 Å². The van der Waals surface area contributed by atoms with Gasteiger partial charge in [0.2, 0.25) is 0 Å². The van der Waals surface area contributed by atoms with Crippen LogP contribution in [-0.4, -0.2) is 5.71 Å². The average molecular weight is 514 g/mol. The number of nitrogens with zero attached hydrogens (tertiary/aromatic N) is 1. The Kier molecular flexibility index (Phi) is 6.95. The van der Waals surface area contributed by atoms with Gasteiger partial charge in [-0.15, -0.1) is 0 Å². The summed E-state index contributed by atoms with van der Waals surface area (Å²) in [4.78, 5) is 5.18. The van der Waals surface area contributed by atoms with Crippen LogP contribution in [0, 0.1) is 6.92 Å². The summed E-state index contributed by atoms with van der Waals surface area (Å²) in [6, 6.07) is 47.2. The summed E-state index contributed by atoms with van der Waals surface area (Å²) in [5, 5.41) is 4.86. The third-order valence-corrected chi connectivity index (χ3v) is 7.45. The summed E-state index contributed by atoms with van der Waals surface area (Å²) in [7, 11) is 0. The summed E-state index contributed by atoms with van der Waals surface area (Å²) in [5.41, 5.74) is 9.69. The van der Waals surface area contributed by atoms with E-state index in [-0.39, 0.29) is 0 Å². The van der Waals surface area contributed by atoms with E-state index in [1.807, 2.05) is 0 Å². The number of aliphatic imine (C=N–C) groups is 1. The predicted octanol–water partition coefficient (Wildman–Crippen LogP) is 10.5. The summed E-state index contributed by atoms with van der Waals surface area (Å²) in [5.74, 6) is 0. The van der Waals surface area contributed by atoms with Gasteiger partial charge in [-0.1, -0.05) is 133 Å². The minimum Gasteiger partial charge on any atom is -0.252 e. The van der Waals surface area contributed by atoms with Crippen LogP contribution in [0.3, 0.4) is 0 Å². The van der Waals surface area contributed by atoms with Crippen LogP contribution in [0.25, 0.3) is 43.9 Å². The van der Waals surface area contributed by atoms with Crippen LogP contribution < -0.4 is 0 Å². The molecule has 0 saturated carbocycles. The van der Waals surface area contributed by atoms with Gasteiger partial charge in [0.25, 0.3) is 0 Å². The topological polar surface area (TPSA) is 12.4 Å². The van der Waals surface area contributed by atoms with Crippen molar-refractivity contribution < 1.29 is 0 Å². The number of allylic oxidation sites excluding steroid dienone is 2. The Balaban J connectivity index is 1.41. The molecule has 0 aliphatic heterocycles. The maximum Gasteiger partial charge on any atom is 0.0711 e. The molecule has 0 amide bonds. The van der Waals surface area contributed by atoms with Crippen molar-refractivity contribution in [1.29, 1.82) is 0 Å². The Morgan fingerprint density at radius 3 is 1.62 bits per heavy atom. The summed E-state index contributed by atoms with van der Waals surface area (Å²) in [6.07, 6.45) is 2.11. The van der Waals surface area contributed by atoms with Crippen LogP contribution in [0.1, 0.15) is 29.2 Å². The Morgan fingerprint density at radius 1 is 0.550 bits per heavy atom. The molecule has 0 aromatic heterocycles. The third-order valence-electron chi connectivity index (χ3n) is 7.45. The van der Waals surface area contributed by atoms with E-state index in [4.69, 9.17) is 4.99 Å². The second kappa shape index (κ2) is 11.0. The van der Waals surface area contributed by atoms with Gasteiger partial charge in [-0.25, -0.2) is 0 Å². The van der Waals surface area contributed by atoms with E-state index < -0.39 is 0 Å². The Morgan fingerprint density at radius 2 is 1.02 bits per heavy atom. The van der Waals surface area contributed by atoms with E-state index in [0.717, 1.165) is 33.7 Å². The van der Waals surface area contributed by atoms with Crippen LogP contribution in [0.15, 0.2) is 151 Å². The quantitative estimate of drug-likeness (QED) is 0.155. The molecule has 1 heteroatoms. The number of hydrogen-bond acceptors (Lipinski definition) is 1. The second-order valence-corrected chi connectivity index (χ2v) is 10.3. The van der Waals surface area contributed by atoms with Crippen molar-refractivity contribution >= 4 is 38.5 Å². The lowest BCUT2D eigenvalue weighted by Crippen LogP contribution is -1.96. The maximum absolute atomic E-state index is 5.18. The zero-order valence-electron chi connectivity index (χ0n) is 22.9. The molecule has 6 rings (SSSR count). The van der Waals surface area contributed by atoms with Gasteiger partial charge in [0.1, 0.15) is 0 Å². The Hall–Kier alpha value is -5.01. The molecule has 0 atom stereocenters. The molecule has 0 unspecified atom stereocenters. The van der Waals surface area contributed by atoms with E-state index in [0.29, 0.717) is 0 Å². The first kappa shape index (κ1) is 25.3. The second-order valence-electron chi connectivity index (χ2n) is 10.3. The van der Waals surface area contributed by atoms with E-state index in [9.17, 15) is 0 Å². The van der Waals surface area contributed by atoms with Gasteiger partial charge in [-0.3, -0.25) is 4.99 Å². The number of aryl methyl sites for hydroxylation is 1. The number of benzene rings is 6. The van der Waals surface area contributed by atoms with Gasteiger partial charge in [-0.2, -0.15) is 0 Å². The molecule has 0 spiro atoms. The Bertz CT molecular complexity index is 1900. The van der Waals surface area contributed by atoms with E-state index >= 15 is 0 Å². The van der Waals surface area contributed by atoms with Crippen molar-refractivity contribution in [2.45, 2.75) is 13.8 Å². The van der Waals surface area contributed by atoms with Gasteiger partial charge >= 0.3 is 0 Å². The average Bonchev–Trinajstić information content (AvgIpc) is 3.00. The molecule has 0 aliphatic rings. The fourth-order valence-electron chi connectivity index (χ4n) is 5.06. The van der Waals surface area contributed by atoms with Gasteiger partial charge in [0, 0.05) is 11.3 Å². The van der Waals surface area contributed by atoms with Crippen molar-refractivity contribution in [3.05, 3.63) is 168 Å². The van der Waals surface area contributed by atoms with Crippen LogP contribution in [0.4, 0.5) is 0 Å². The van der Waals surface area contributed by atoms with Crippen molar-refractivity contribution in [1.82, 2.24) is 0 Å². The number of hydrogen-bond donors (Lipinski definition) is 0. The van der Waals surface area contributed by atoms with Crippen molar-refractivity contribution in [3.8, 4) is 11.1 Å². The van der Waals surface area contributed by atoms with Crippen LogP contribution in [-0.2, 0) is 0 Å². The lowest BCUT2D eigenvalue weighted by atomic mass is 9.98. The van der Waals surface area contributed by atoms with Gasteiger partial charge in [-0.05, 0) is 81.4 Å². The van der Waals surface area contributed by atoms with Gasteiger partial charge in [0.05, 0.1) is 5.70 Å². The molecule has 6 aromatic rings. The van der Waals surface area contributed by atoms with E-state index in [1.165, 1.54) is 38.2 Å². The normalized spacial score (nSPS) is 12.2. The molecule has 192 valence electrons. The van der Waals surface area contributed by atoms with Crippen molar-refractivity contribution in [2.75, 3.05) is 0 Å². The first-order chi connectivity index (χ1) is 19.5. The fourth-order valence-corrected chi connectivity index (χ4v) is 5.06. The molecule has 0 saturated heterocycles. The van der Waals surface area contributed by atoms with Crippen LogP contribution >= 0.6 is 0 Å². The molecule has 6 aromatic carbocycles. The molecular formula is C39H31N. The van der Waals surface area contributed by atoms with Crippen molar-refractivity contribution in [3.63, 3.8) is 0 Å². The van der Waals surface area contributed by atoms with Gasteiger partial charge in [0.15, 0.2) is 0 Å². The molecule has 0 radical (unpaired) electrons. The molecule has 40 heavy (non-hydrogen) atoms. The minimum absolute atomic E-state index is 0.888. The summed E-state index contributed by atoms with van der Waals surface area (Å²) < 4.78 is 0. The molecule has 0 aliphatic carbocycles. The molecule has 0 heterocycles. The highest BCUT2D eigenvalue weighted by Gasteiger charge is 2.08. The summed E-state index contributed by atoms with van der Waals surface area (Å²) in [6.45, 7) is 8.64. The number of rotatable bonds is 6. The fraction of sp³-hybridized carbons (Fsp3) is 0.0513. The molecule has 0 N–H and O–H groups in total. The summed E-state index contributed by atoms with van der Waals surface area (Å²) >= 11 is 0. The SMILES string of the molecule is C=C(/C=C(\N=C(/C)c1ccc2ccccc2c1)c1ccc(-c2ccc(C)cc2)cc1)c1ccc2ccccc2c1. The predicted molar refractivity (Wildman–Crippen MR) is 174 cm³/mol. The monoisotopic (exact) mass is 513 g/mol. The molecule has 0 fully saturated rings. The lowest BCUT2D eigenvalue weighted by Gasteiger charge is -2.10. The smallest absolute Gasteiger partial charge is 0.0711 e. The molecular weight excluding hydrogens is 482 g/mol. The van der Waals surface area contributed by atoms with Crippen LogP contribution in [0.5, 0.6) is 0 Å². The largest absolute Gasteiger partial charge is 0.252 e. The molecule has 0 bridgehead atoms. The van der Waals surface area contributed by atoms with E-state index in [2.05, 4.69) is 160 Å².